The minimum absolute atomic E-state index is 0.0901. The predicted octanol–water partition coefficient (Wildman–Crippen LogP) is 2.40. The van der Waals surface area contributed by atoms with Gasteiger partial charge in [-0.05, 0) is 43.4 Å². The van der Waals surface area contributed by atoms with Gasteiger partial charge in [0.05, 0.1) is 17.8 Å². The second-order valence-electron chi connectivity index (χ2n) is 4.54. The molecule has 0 aromatic carbocycles. The van der Waals surface area contributed by atoms with Gasteiger partial charge in [-0.2, -0.15) is 0 Å². The summed E-state index contributed by atoms with van der Waals surface area (Å²) in [5.41, 5.74) is 2.17. The van der Waals surface area contributed by atoms with E-state index in [0.29, 0.717) is 0 Å². The molecule has 3 heterocycles. The van der Waals surface area contributed by atoms with E-state index in [-0.39, 0.29) is 12.1 Å². The number of hydrogen-bond acceptors (Lipinski definition) is 2. The Kier molecular flexibility index (Phi) is 3.21. The molecule has 2 N–H and O–H groups in total. The molecule has 3 rings (SSSR count). The van der Waals surface area contributed by atoms with Crippen LogP contribution in [0, 0.1) is 0 Å². The van der Waals surface area contributed by atoms with Gasteiger partial charge in [0, 0.05) is 24.6 Å². The number of rotatable bonds is 3. The highest BCUT2D eigenvalue weighted by Gasteiger charge is 2.39. The predicted molar refractivity (Wildman–Crippen MR) is 78.6 cm³/mol. The van der Waals surface area contributed by atoms with Crippen molar-refractivity contribution in [2.24, 2.45) is 0 Å². The molecular formula is C14H16N4S. The largest absolute Gasteiger partial charge is 0.363 e. The Balaban J connectivity index is 2.01. The molecule has 0 bridgehead atoms. The van der Waals surface area contributed by atoms with Crippen molar-refractivity contribution in [3.8, 4) is 0 Å². The molecule has 19 heavy (non-hydrogen) atoms. The van der Waals surface area contributed by atoms with Crippen LogP contribution >= 0.6 is 12.2 Å². The molecule has 2 aromatic rings. The minimum Gasteiger partial charge on any atom is -0.363 e. The summed E-state index contributed by atoms with van der Waals surface area (Å²) in [5, 5.41) is 4.17. The highest BCUT2D eigenvalue weighted by Crippen LogP contribution is 2.37. The maximum absolute atomic E-state index is 5.44. The van der Waals surface area contributed by atoms with Crippen LogP contribution in [0.5, 0.6) is 0 Å². The molecule has 5 heteroatoms. The van der Waals surface area contributed by atoms with Crippen molar-refractivity contribution in [1.82, 2.24) is 20.2 Å². The first-order chi connectivity index (χ1) is 9.31. The summed E-state index contributed by atoms with van der Waals surface area (Å²) in [6, 6.07) is 10.3. The molecule has 0 unspecified atom stereocenters. The molecule has 2 atom stereocenters. The second-order valence-corrected chi connectivity index (χ2v) is 4.92. The van der Waals surface area contributed by atoms with Crippen LogP contribution in [-0.4, -0.2) is 26.5 Å². The van der Waals surface area contributed by atoms with Crippen LogP contribution in [0.25, 0.3) is 0 Å². The molecule has 0 saturated carbocycles. The summed E-state index contributed by atoms with van der Waals surface area (Å²) in [6.07, 6.45) is 3.76. The van der Waals surface area contributed by atoms with E-state index < -0.39 is 0 Å². The lowest BCUT2D eigenvalue weighted by molar-refractivity contribution is 0.325. The van der Waals surface area contributed by atoms with Gasteiger partial charge in [-0.15, -0.1) is 0 Å². The molecular weight excluding hydrogens is 256 g/mol. The molecule has 0 amide bonds. The Morgan fingerprint density at radius 1 is 1.32 bits per heavy atom. The molecule has 0 radical (unpaired) electrons. The van der Waals surface area contributed by atoms with Gasteiger partial charge in [0.25, 0.3) is 0 Å². The molecule has 98 valence electrons. The summed E-state index contributed by atoms with van der Waals surface area (Å²) in [5.74, 6) is 0. The lowest BCUT2D eigenvalue weighted by Gasteiger charge is -2.25. The van der Waals surface area contributed by atoms with E-state index in [9.17, 15) is 0 Å². The van der Waals surface area contributed by atoms with Crippen LogP contribution in [0.15, 0.2) is 42.7 Å². The number of nitrogens with zero attached hydrogens (tertiary/aromatic N) is 2. The van der Waals surface area contributed by atoms with E-state index in [1.165, 1.54) is 0 Å². The number of H-pyrrole nitrogens is 1. The molecule has 0 aliphatic carbocycles. The van der Waals surface area contributed by atoms with Crippen molar-refractivity contribution in [3.63, 3.8) is 0 Å². The van der Waals surface area contributed by atoms with E-state index in [2.05, 4.69) is 33.2 Å². The third kappa shape index (κ3) is 2.10. The smallest absolute Gasteiger partial charge is 0.170 e. The van der Waals surface area contributed by atoms with E-state index >= 15 is 0 Å². The lowest BCUT2D eigenvalue weighted by Crippen LogP contribution is -2.29. The zero-order chi connectivity index (χ0) is 13.2. The van der Waals surface area contributed by atoms with E-state index in [1.807, 2.05) is 36.7 Å². The van der Waals surface area contributed by atoms with E-state index in [0.717, 1.165) is 23.0 Å². The molecule has 1 fully saturated rings. The number of aromatic nitrogens is 2. The number of nitrogens with one attached hydrogen (secondary N) is 2. The lowest BCUT2D eigenvalue weighted by atomic mass is 10.0. The molecule has 1 saturated heterocycles. The van der Waals surface area contributed by atoms with Gasteiger partial charge in [-0.3, -0.25) is 4.98 Å². The first kappa shape index (κ1) is 12.2. The monoisotopic (exact) mass is 272 g/mol. The first-order valence-corrected chi connectivity index (χ1v) is 6.83. The SMILES string of the molecule is CCN1C(=S)N[C@H](c2ccccn2)[C@H]1c1ccc[nH]1. The quantitative estimate of drug-likeness (QED) is 0.842. The summed E-state index contributed by atoms with van der Waals surface area (Å²) < 4.78 is 0. The van der Waals surface area contributed by atoms with Gasteiger partial charge in [-0.1, -0.05) is 6.07 Å². The maximum atomic E-state index is 5.44. The van der Waals surface area contributed by atoms with Crippen LogP contribution in [0.4, 0.5) is 0 Å². The number of pyridine rings is 1. The van der Waals surface area contributed by atoms with Crippen molar-refractivity contribution < 1.29 is 0 Å². The summed E-state index contributed by atoms with van der Waals surface area (Å²) >= 11 is 5.44. The maximum Gasteiger partial charge on any atom is 0.170 e. The first-order valence-electron chi connectivity index (χ1n) is 6.42. The average molecular weight is 272 g/mol. The third-order valence-electron chi connectivity index (χ3n) is 3.48. The van der Waals surface area contributed by atoms with Gasteiger partial charge in [0.2, 0.25) is 0 Å². The van der Waals surface area contributed by atoms with Crippen LogP contribution in [-0.2, 0) is 0 Å². The van der Waals surface area contributed by atoms with Crippen LogP contribution < -0.4 is 5.32 Å². The number of likely N-dealkylation sites (N-methyl/N-ethyl adjacent to an activating group) is 1. The van der Waals surface area contributed by atoms with Crippen LogP contribution in [0.1, 0.15) is 30.4 Å². The summed E-state index contributed by atoms with van der Waals surface area (Å²) in [6.45, 7) is 2.99. The van der Waals surface area contributed by atoms with Crippen molar-refractivity contribution in [3.05, 3.63) is 54.1 Å². The van der Waals surface area contributed by atoms with Crippen LogP contribution in [0.2, 0.25) is 0 Å². The fraction of sp³-hybridized carbons (Fsp3) is 0.286. The Morgan fingerprint density at radius 3 is 2.84 bits per heavy atom. The topological polar surface area (TPSA) is 44.0 Å². The highest BCUT2D eigenvalue weighted by molar-refractivity contribution is 7.80. The fourth-order valence-corrected chi connectivity index (χ4v) is 2.98. The van der Waals surface area contributed by atoms with Crippen molar-refractivity contribution in [2.75, 3.05) is 6.54 Å². The van der Waals surface area contributed by atoms with Crippen molar-refractivity contribution >= 4 is 17.3 Å². The number of hydrogen-bond donors (Lipinski definition) is 2. The second kappa shape index (κ2) is 5.01. The van der Waals surface area contributed by atoms with Gasteiger partial charge in [0.1, 0.15) is 0 Å². The van der Waals surface area contributed by atoms with E-state index in [1.54, 1.807) is 0 Å². The normalized spacial score (nSPS) is 22.6. The van der Waals surface area contributed by atoms with Gasteiger partial charge >= 0.3 is 0 Å². The Labute approximate surface area is 117 Å². The standard InChI is InChI=1S/C14H16N4S/c1-2-18-13(11-7-5-9-16-11)12(17-14(18)19)10-6-3-4-8-15-10/h3-9,12-13,16H,2H2,1H3,(H,17,19)/t12-,13-/m1/s1. The summed E-state index contributed by atoms with van der Waals surface area (Å²) in [7, 11) is 0. The highest BCUT2D eigenvalue weighted by atomic mass is 32.1. The number of aromatic amines is 1. The van der Waals surface area contributed by atoms with Gasteiger partial charge < -0.3 is 15.2 Å². The number of thiocarbonyl (C=S) groups is 1. The van der Waals surface area contributed by atoms with E-state index in [4.69, 9.17) is 12.2 Å². The minimum atomic E-state index is 0.0901. The van der Waals surface area contributed by atoms with Gasteiger partial charge in [-0.25, -0.2) is 0 Å². The Hall–Kier alpha value is -1.88. The zero-order valence-electron chi connectivity index (χ0n) is 10.7. The van der Waals surface area contributed by atoms with Crippen molar-refractivity contribution in [2.45, 2.75) is 19.0 Å². The third-order valence-corrected chi connectivity index (χ3v) is 3.83. The van der Waals surface area contributed by atoms with Crippen LogP contribution in [0.3, 0.4) is 0 Å². The Morgan fingerprint density at radius 2 is 2.21 bits per heavy atom. The zero-order valence-corrected chi connectivity index (χ0v) is 11.5. The Bertz CT molecular complexity index is 552. The molecule has 2 aromatic heterocycles. The molecule has 0 spiro atoms. The fourth-order valence-electron chi connectivity index (χ4n) is 2.61. The molecule has 1 aliphatic rings. The van der Waals surface area contributed by atoms with Gasteiger partial charge in [0.15, 0.2) is 5.11 Å². The van der Waals surface area contributed by atoms with Crippen molar-refractivity contribution in [1.29, 1.82) is 0 Å². The average Bonchev–Trinajstić information content (AvgIpc) is 3.06. The molecule has 1 aliphatic heterocycles. The summed E-state index contributed by atoms with van der Waals surface area (Å²) in [4.78, 5) is 9.95. The molecule has 4 nitrogen and oxygen atoms in total.